The zero-order valence-corrected chi connectivity index (χ0v) is 11.3. The number of fused-ring (bicyclic) bond motifs is 1. The molecule has 5 nitrogen and oxygen atoms in total. The smallest absolute Gasteiger partial charge is 0.337 e. The maximum absolute atomic E-state index is 12.4. The first kappa shape index (κ1) is 13.3. The highest BCUT2D eigenvalue weighted by atomic mass is 16.4. The molecule has 5 heteroatoms. The molecule has 1 aliphatic rings. The van der Waals surface area contributed by atoms with Gasteiger partial charge in [-0.05, 0) is 29.7 Å². The van der Waals surface area contributed by atoms with Crippen LogP contribution in [0.2, 0.25) is 0 Å². The first-order chi connectivity index (χ1) is 10.2. The lowest BCUT2D eigenvalue weighted by Crippen LogP contribution is -2.36. The van der Waals surface area contributed by atoms with Crippen molar-refractivity contribution >= 4 is 11.9 Å². The number of rotatable bonds is 2. The van der Waals surface area contributed by atoms with Crippen molar-refractivity contribution in [3.8, 4) is 0 Å². The topological polar surface area (TPSA) is 70.5 Å². The highest BCUT2D eigenvalue weighted by Crippen LogP contribution is 2.22. The molecule has 2 aromatic rings. The van der Waals surface area contributed by atoms with Gasteiger partial charge < -0.3 is 10.0 Å². The number of carboxylic acids is 1. The summed E-state index contributed by atoms with van der Waals surface area (Å²) in [7, 11) is 0. The van der Waals surface area contributed by atoms with Crippen LogP contribution in [0.25, 0.3) is 0 Å². The van der Waals surface area contributed by atoms with Gasteiger partial charge in [0.25, 0.3) is 5.91 Å². The van der Waals surface area contributed by atoms with Crippen LogP contribution in [-0.2, 0) is 13.0 Å². The molecule has 1 aromatic carbocycles. The minimum absolute atomic E-state index is 0.0398. The van der Waals surface area contributed by atoms with E-state index in [9.17, 15) is 14.7 Å². The van der Waals surface area contributed by atoms with E-state index in [0.717, 1.165) is 11.1 Å². The lowest BCUT2D eigenvalue weighted by Gasteiger charge is -2.29. The van der Waals surface area contributed by atoms with Crippen LogP contribution in [0.5, 0.6) is 0 Å². The Kier molecular flexibility index (Phi) is 3.39. The number of carboxylic acid groups (broad SMARTS) is 1. The first-order valence-electron chi connectivity index (χ1n) is 6.70. The summed E-state index contributed by atoms with van der Waals surface area (Å²) >= 11 is 0. The Balaban J connectivity index is 1.87. The van der Waals surface area contributed by atoms with E-state index in [2.05, 4.69) is 4.98 Å². The molecule has 0 aliphatic carbocycles. The highest BCUT2D eigenvalue weighted by Gasteiger charge is 2.25. The second-order valence-corrected chi connectivity index (χ2v) is 4.97. The van der Waals surface area contributed by atoms with Crippen LogP contribution in [0.3, 0.4) is 0 Å². The van der Waals surface area contributed by atoms with E-state index in [4.69, 9.17) is 0 Å². The van der Waals surface area contributed by atoms with E-state index in [1.807, 2.05) is 18.2 Å². The fourth-order valence-electron chi connectivity index (χ4n) is 2.61. The second-order valence-electron chi connectivity index (χ2n) is 4.97. The van der Waals surface area contributed by atoms with Gasteiger partial charge in [0.2, 0.25) is 0 Å². The summed E-state index contributed by atoms with van der Waals surface area (Å²) < 4.78 is 0. The molecule has 1 aromatic heterocycles. The Morgan fingerprint density at radius 3 is 2.62 bits per heavy atom. The van der Waals surface area contributed by atoms with E-state index in [-0.39, 0.29) is 11.5 Å². The summed E-state index contributed by atoms with van der Waals surface area (Å²) in [6, 6.07) is 9.09. The zero-order chi connectivity index (χ0) is 14.8. The fourth-order valence-corrected chi connectivity index (χ4v) is 2.61. The number of nitrogens with zero attached hydrogens (tertiary/aromatic N) is 2. The first-order valence-corrected chi connectivity index (χ1v) is 6.70. The number of hydrogen-bond acceptors (Lipinski definition) is 3. The Labute approximate surface area is 121 Å². The number of amides is 1. The maximum Gasteiger partial charge on any atom is 0.337 e. The van der Waals surface area contributed by atoms with Gasteiger partial charge in [0.15, 0.2) is 0 Å². The lowest BCUT2D eigenvalue weighted by molar-refractivity contribution is 0.0693. The van der Waals surface area contributed by atoms with E-state index in [1.54, 1.807) is 23.2 Å². The number of carbonyl (C=O) groups is 2. The number of aromatic nitrogens is 1. The Bertz CT molecular complexity index is 698. The van der Waals surface area contributed by atoms with Crippen molar-refractivity contribution in [1.29, 1.82) is 0 Å². The van der Waals surface area contributed by atoms with Gasteiger partial charge in [0.05, 0.1) is 5.56 Å². The predicted molar refractivity (Wildman–Crippen MR) is 76.1 cm³/mol. The average molecular weight is 282 g/mol. The Morgan fingerprint density at radius 1 is 1.14 bits per heavy atom. The third-order valence-corrected chi connectivity index (χ3v) is 3.68. The summed E-state index contributed by atoms with van der Waals surface area (Å²) in [6.07, 6.45) is 3.56. The minimum atomic E-state index is -0.970. The molecule has 1 N–H and O–H groups in total. The molecule has 1 amide bonds. The number of pyridine rings is 1. The Hall–Kier alpha value is -2.69. The van der Waals surface area contributed by atoms with Crippen LogP contribution >= 0.6 is 0 Å². The summed E-state index contributed by atoms with van der Waals surface area (Å²) in [6.45, 7) is 0.919. The molecule has 0 atom stereocenters. The molecule has 0 fully saturated rings. The third-order valence-electron chi connectivity index (χ3n) is 3.68. The van der Waals surface area contributed by atoms with Gasteiger partial charge in [0.1, 0.15) is 0 Å². The van der Waals surface area contributed by atoms with Crippen LogP contribution in [0.4, 0.5) is 0 Å². The van der Waals surface area contributed by atoms with E-state index in [0.29, 0.717) is 25.1 Å². The van der Waals surface area contributed by atoms with Crippen LogP contribution in [0, 0.1) is 0 Å². The van der Waals surface area contributed by atoms with E-state index >= 15 is 0 Å². The predicted octanol–water partition coefficient (Wildman–Crippen LogP) is 1.98. The molecule has 3 rings (SSSR count). The van der Waals surface area contributed by atoms with Gasteiger partial charge in [-0.15, -0.1) is 0 Å². The van der Waals surface area contributed by atoms with Crippen molar-refractivity contribution in [3.05, 3.63) is 65.0 Å². The SMILES string of the molecule is O=C(O)c1cncc2c1CCN(C(=O)c1ccccc1)C2. The number of carbonyl (C=O) groups excluding carboxylic acids is 1. The average Bonchev–Trinajstić information content (AvgIpc) is 2.53. The zero-order valence-electron chi connectivity index (χ0n) is 11.3. The van der Waals surface area contributed by atoms with Crippen molar-refractivity contribution in [2.75, 3.05) is 6.54 Å². The summed E-state index contributed by atoms with van der Waals surface area (Å²) in [5.74, 6) is -1.01. The van der Waals surface area contributed by atoms with Crippen molar-refractivity contribution in [2.24, 2.45) is 0 Å². The normalized spacial score (nSPS) is 13.6. The van der Waals surface area contributed by atoms with Crippen LogP contribution < -0.4 is 0 Å². The van der Waals surface area contributed by atoms with Gasteiger partial charge >= 0.3 is 5.97 Å². The molecule has 0 saturated carbocycles. The quantitative estimate of drug-likeness (QED) is 0.914. The molecule has 0 saturated heterocycles. The molecular formula is C16H14N2O3. The van der Waals surface area contributed by atoms with Crippen molar-refractivity contribution < 1.29 is 14.7 Å². The van der Waals surface area contributed by atoms with Crippen LogP contribution in [0.15, 0.2) is 42.7 Å². The van der Waals surface area contributed by atoms with Gasteiger partial charge in [-0.1, -0.05) is 18.2 Å². The molecule has 0 bridgehead atoms. The summed E-state index contributed by atoms with van der Waals surface area (Å²) in [4.78, 5) is 29.3. The van der Waals surface area contributed by atoms with Crippen molar-refractivity contribution in [2.45, 2.75) is 13.0 Å². The molecule has 0 unspecified atom stereocenters. The maximum atomic E-state index is 12.4. The number of aromatic carboxylic acids is 1. The molecule has 21 heavy (non-hydrogen) atoms. The molecule has 106 valence electrons. The standard InChI is InChI=1S/C16H14N2O3/c19-15(11-4-2-1-3-5-11)18-7-6-13-12(10-18)8-17-9-14(13)16(20)21/h1-5,8-9H,6-7,10H2,(H,20,21). The molecule has 0 spiro atoms. The molecule has 1 aliphatic heterocycles. The largest absolute Gasteiger partial charge is 0.478 e. The highest BCUT2D eigenvalue weighted by molar-refractivity contribution is 5.94. The number of benzene rings is 1. The third kappa shape index (κ3) is 2.50. The Morgan fingerprint density at radius 2 is 1.90 bits per heavy atom. The van der Waals surface area contributed by atoms with E-state index < -0.39 is 5.97 Å². The molecule has 0 radical (unpaired) electrons. The van der Waals surface area contributed by atoms with Crippen molar-refractivity contribution in [3.63, 3.8) is 0 Å². The lowest BCUT2D eigenvalue weighted by atomic mass is 9.96. The monoisotopic (exact) mass is 282 g/mol. The van der Waals surface area contributed by atoms with Crippen molar-refractivity contribution in [1.82, 2.24) is 9.88 Å². The fraction of sp³-hybridized carbons (Fsp3) is 0.188. The number of hydrogen-bond donors (Lipinski definition) is 1. The van der Waals surface area contributed by atoms with Gasteiger partial charge in [-0.2, -0.15) is 0 Å². The van der Waals surface area contributed by atoms with E-state index in [1.165, 1.54) is 6.20 Å². The van der Waals surface area contributed by atoms with Gasteiger partial charge in [-0.25, -0.2) is 4.79 Å². The minimum Gasteiger partial charge on any atom is -0.478 e. The van der Waals surface area contributed by atoms with Crippen LogP contribution in [0.1, 0.15) is 31.8 Å². The second kappa shape index (κ2) is 5.36. The molecular weight excluding hydrogens is 268 g/mol. The van der Waals surface area contributed by atoms with Crippen LogP contribution in [-0.4, -0.2) is 33.4 Å². The summed E-state index contributed by atoms with van der Waals surface area (Å²) in [5, 5.41) is 9.17. The molecule has 2 heterocycles. The van der Waals surface area contributed by atoms with Gasteiger partial charge in [-0.3, -0.25) is 9.78 Å². The summed E-state index contributed by atoms with van der Waals surface area (Å²) in [5.41, 5.74) is 2.47. The van der Waals surface area contributed by atoms with Gasteiger partial charge in [0, 0.05) is 31.0 Å².